The highest BCUT2D eigenvalue weighted by molar-refractivity contribution is 7.90. The Balaban J connectivity index is 1.18. The van der Waals surface area contributed by atoms with E-state index in [1.807, 2.05) is 48.5 Å². The number of amides is 1. The minimum atomic E-state index is -2.56. The van der Waals surface area contributed by atoms with Gasteiger partial charge in [0.25, 0.3) is 5.91 Å². The number of benzene rings is 3. The number of nitrogens with one attached hydrogen (secondary N) is 3. The monoisotopic (exact) mass is 525 g/mol. The van der Waals surface area contributed by atoms with Crippen molar-refractivity contribution in [1.29, 1.82) is 5.26 Å². The fraction of sp³-hybridized carbons (Fsp3) is 0.179. The zero-order chi connectivity index (χ0) is 26.7. The van der Waals surface area contributed by atoms with Crippen LogP contribution in [0.25, 0.3) is 10.9 Å². The zero-order valence-corrected chi connectivity index (χ0v) is 21.5. The molecule has 0 bridgehead atoms. The largest absolute Gasteiger partial charge is 0.382 e. The normalized spacial score (nSPS) is 17.9. The van der Waals surface area contributed by atoms with Crippen molar-refractivity contribution in [2.24, 2.45) is 9.50 Å². The lowest BCUT2D eigenvalue weighted by molar-refractivity contribution is 0.102. The lowest BCUT2D eigenvalue weighted by Crippen LogP contribution is -2.39. The van der Waals surface area contributed by atoms with Crippen LogP contribution in [-0.4, -0.2) is 33.4 Å². The van der Waals surface area contributed by atoms with Crippen molar-refractivity contribution >= 4 is 49.5 Å². The molecule has 1 saturated carbocycles. The molecule has 1 amide bonds. The van der Waals surface area contributed by atoms with Gasteiger partial charge in [0.05, 0.1) is 23.2 Å². The molecular formula is C28H27N7O2S. The molecule has 1 aliphatic carbocycles. The minimum Gasteiger partial charge on any atom is -0.382 e. The highest BCUT2D eigenvalue weighted by atomic mass is 32.2. The van der Waals surface area contributed by atoms with Gasteiger partial charge in [-0.05, 0) is 85.6 Å². The summed E-state index contributed by atoms with van der Waals surface area (Å²) in [6.07, 6.45) is 4.75. The Morgan fingerprint density at radius 1 is 1.03 bits per heavy atom. The summed E-state index contributed by atoms with van der Waals surface area (Å²) in [4.78, 5) is 17.1. The second kappa shape index (κ2) is 10.5. The average molecular weight is 526 g/mol. The van der Waals surface area contributed by atoms with Gasteiger partial charge in [0.15, 0.2) is 0 Å². The molecule has 1 unspecified atom stereocenters. The minimum absolute atomic E-state index is 0.0376. The van der Waals surface area contributed by atoms with Crippen LogP contribution in [0.2, 0.25) is 0 Å². The third-order valence-corrected chi connectivity index (χ3v) is 7.00. The molecule has 1 aromatic heterocycles. The van der Waals surface area contributed by atoms with Crippen LogP contribution in [0.15, 0.2) is 83.4 Å². The molecule has 0 spiro atoms. The summed E-state index contributed by atoms with van der Waals surface area (Å²) < 4.78 is 15.7. The maximum atomic E-state index is 12.8. The van der Waals surface area contributed by atoms with Crippen LogP contribution in [0.4, 0.5) is 22.7 Å². The van der Waals surface area contributed by atoms with Gasteiger partial charge in [-0.3, -0.25) is 9.78 Å². The molecule has 9 nitrogen and oxygen atoms in total. The van der Waals surface area contributed by atoms with Crippen LogP contribution >= 0.6 is 0 Å². The van der Waals surface area contributed by atoms with Crippen molar-refractivity contribution in [2.75, 3.05) is 22.2 Å². The summed E-state index contributed by atoms with van der Waals surface area (Å²) in [5.74, 6) is -0.210. The van der Waals surface area contributed by atoms with Gasteiger partial charge < -0.3 is 16.0 Å². The molecule has 3 aromatic carbocycles. The third kappa shape index (κ3) is 6.08. The Hall–Kier alpha value is -4.46. The summed E-state index contributed by atoms with van der Waals surface area (Å²) in [6.45, 7) is 0. The van der Waals surface area contributed by atoms with E-state index in [-0.39, 0.29) is 18.0 Å². The van der Waals surface area contributed by atoms with E-state index in [1.165, 1.54) is 6.26 Å². The lowest BCUT2D eigenvalue weighted by Gasteiger charge is -2.34. The van der Waals surface area contributed by atoms with Crippen LogP contribution in [0.1, 0.15) is 28.8 Å². The van der Waals surface area contributed by atoms with E-state index in [2.05, 4.69) is 31.4 Å². The van der Waals surface area contributed by atoms with Crippen molar-refractivity contribution < 1.29 is 9.00 Å². The predicted octanol–water partition coefficient (Wildman–Crippen LogP) is 5.02. The first-order valence-corrected chi connectivity index (χ1v) is 14.1. The number of aromatic nitrogens is 1. The number of nitrogens with zero attached hydrogens (tertiary/aromatic N) is 3. The number of pyridine rings is 1. The van der Waals surface area contributed by atoms with Crippen molar-refractivity contribution in [3.8, 4) is 6.07 Å². The molecule has 0 saturated heterocycles. The van der Waals surface area contributed by atoms with Crippen molar-refractivity contribution in [3.63, 3.8) is 0 Å². The second-order valence-corrected chi connectivity index (χ2v) is 11.3. The van der Waals surface area contributed by atoms with Crippen molar-refractivity contribution in [3.05, 3.63) is 90.1 Å². The first-order chi connectivity index (χ1) is 18.3. The molecule has 5 N–H and O–H groups in total. The van der Waals surface area contributed by atoms with Gasteiger partial charge in [-0.25, -0.2) is 13.7 Å². The topological polar surface area (TPSA) is 145 Å². The number of hydrogen-bond donors (Lipinski definition) is 4. The predicted molar refractivity (Wildman–Crippen MR) is 152 cm³/mol. The summed E-state index contributed by atoms with van der Waals surface area (Å²) in [5, 5.41) is 25.2. The molecule has 38 heavy (non-hydrogen) atoms. The standard InChI is InChI=1S/C28H27N7O2S/c1-38(30,37)35-24-15-23(16-24)32-20-7-9-22(10-8-20)34-28(36)19-3-5-21(6-4-19)33-27-12-13-31-26-11-2-18(17-29)14-25(26)27/h2-14,23-24,32H,15-16H2,1H3,(H,31,33)(H,34,36)(H2,30,35,37). The Kier molecular flexibility index (Phi) is 6.96. The number of carbonyl (C=O) groups is 1. The molecule has 10 heteroatoms. The molecule has 1 atom stereocenters. The molecule has 4 aromatic rings. The molecule has 0 radical (unpaired) electrons. The Bertz CT molecular complexity index is 1640. The van der Waals surface area contributed by atoms with E-state index in [1.54, 1.807) is 30.5 Å². The van der Waals surface area contributed by atoms with E-state index < -0.39 is 9.92 Å². The summed E-state index contributed by atoms with van der Waals surface area (Å²) in [7, 11) is -2.56. The maximum Gasteiger partial charge on any atom is 0.255 e. The summed E-state index contributed by atoms with van der Waals surface area (Å²) in [5.41, 5.74) is 5.15. The first-order valence-electron chi connectivity index (χ1n) is 12.1. The summed E-state index contributed by atoms with van der Waals surface area (Å²) >= 11 is 0. The second-order valence-electron chi connectivity index (χ2n) is 9.37. The number of hydrogen-bond acceptors (Lipinski definition) is 7. The van der Waals surface area contributed by atoms with Gasteiger partial charge in [-0.2, -0.15) is 5.26 Å². The van der Waals surface area contributed by atoms with Gasteiger partial charge in [0.2, 0.25) is 0 Å². The Morgan fingerprint density at radius 3 is 2.39 bits per heavy atom. The van der Waals surface area contributed by atoms with E-state index >= 15 is 0 Å². The molecular weight excluding hydrogens is 498 g/mol. The summed E-state index contributed by atoms with van der Waals surface area (Å²) in [6, 6.07) is 24.4. The number of rotatable bonds is 7. The van der Waals surface area contributed by atoms with Gasteiger partial charge >= 0.3 is 0 Å². The Morgan fingerprint density at radius 2 is 1.71 bits per heavy atom. The van der Waals surface area contributed by atoms with E-state index in [0.29, 0.717) is 16.8 Å². The number of carbonyl (C=O) groups excluding carboxylic acids is 1. The third-order valence-electron chi connectivity index (χ3n) is 6.28. The number of fused-ring (bicyclic) bond motifs is 1. The quantitative estimate of drug-likeness (QED) is 0.267. The maximum absolute atomic E-state index is 12.8. The number of anilines is 4. The van der Waals surface area contributed by atoms with E-state index in [9.17, 15) is 14.3 Å². The van der Waals surface area contributed by atoms with Crippen LogP contribution in [-0.2, 0) is 9.92 Å². The van der Waals surface area contributed by atoms with Gasteiger partial charge in [0, 0.05) is 52.2 Å². The SMILES string of the molecule is CS(N)(=O)=NC1CC(Nc2ccc(NC(=O)c3ccc(Nc4ccnc5ccc(C#N)cc45)cc3)cc2)C1. The fourth-order valence-corrected chi connectivity index (χ4v) is 5.13. The molecule has 5 rings (SSSR count). The van der Waals surface area contributed by atoms with Crippen LogP contribution in [0.3, 0.4) is 0 Å². The fourth-order valence-electron chi connectivity index (χ4n) is 4.36. The van der Waals surface area contributed by atoms with Gasteiger partial charge in [0.1, 0.15) is 9.92 Å². The van der Waals surface area contributed by atoms with E-state index in [4.69, 9.17) is 5.14 Å². The van der Waals surface area contributed by atoms with Crippen LogP contribution in [0.5, 0.6) is 0 Å². The van der Waals surface area contributed by atoms with E-state index in [0.717, 1.165) is 40.8 Å². The van der Waals surface area contributed by atoms with Gasteiger partial charge in [-0.15, -0.1) is 0 Å². The average Bonchev–Trinajstić information content (AvgIpc) is 2.88. The smallest absolute Gasteiger partial charge is 0.255 e. The van der Waals surface area contributed by atoms with Crippen LogP contribution in [0, 0.1) is 11.3 Å². The van der Waals surface area contributed by atoms with Crippen molar-refractivity contribution in [2.45, 2.75) is 24.9 Å². The Labute approximate surface area is 221 Å². The lowest BCUT2D eigenvalue weighted by atomic mass is 9.87. The molecule has 192 valence electrons. The molecule has 0 aliphatic heterocycles. The van der Waals surface area contributed by atoms with Crippen molar-refractivity contribution in [1.82, 2.24) is 4.98 Å². The highest BCUT2D eigenvalue weighted by Crippen LogP contribution is 2.29. The first kappa shape index (κ1) is 25.2. The van der Waals surface area contributed by atoms with Gasteiger partial charge in [-0.1, -0.05) is 0 Å². The van der Waals surface area contributed by atoms with Crippen LogP contribution < -0.4 is 21.1 Å². The highest BCUT2D eigenvalue weighted by Gasteiger charge is 2.29. The number of nitriles is 1. The number of nitrogens with two attached hydrogens (primary N) is 1. The molecule has 1 fully saturated rings. The molecule has 1 aliphatic rings. The molecule has 1 heterocycles. The zero-order valence-electron chi connectivity index (χ0n) is 20.7.